The number of ether oxygens (including phenoxy) is 1. The highest BCUT2D eigenvalue weighted by Crippen LogP contribution is 2.33. The molecule has 1 saturated carbocycles. The second kappa shape index (κ2) is 10.8. The fraction of sp³-hybridized carbons (Fsp3) is 0.500. The zero-order chi connectivity index (χ0) is 25.2. The van der Waals surface area contributed by atoms with E-state index in [1.165, 1.54) is 29.6 Å². The third kappa shape index (κ3) is 5.05. The Hall–Kier alpha value is -1.87. The van der Waals surface area contributed by atoms with Crippen LogP contribution in [0.25, 0.3) is 0 Å². The monoisotopic (exact) mass is 528 g/mol. The lowest BCUT2D eigenvalue weighted by Gasteiger charge is -2.33. The number of sulfonamides is 1. The number of hydrogen-bond donors (Lipinski definition) is 0. The lowest BCUT2D eigenvalue weighted by Crippen LogP contribution is -2.44. The molecule has 7 nitrogen and oxygen atoms in total. The van der Waals surface area contributed by atoms with Crippen molar-refractivity contribution in [3.8, 4) is 0 Å². The first-order valence-corrected chi connectivity index (χ1v) is 13.5. The summed E-state index contributed by atoms with van der Waals surface area (Å²) in [6.45, 7) is 5.42. The molecule has 10 heteroatoms. The molecule has 0 unspecified atom stereocenters. The number of carbonyl (C=O) groups is 2. The topological polar surface area (TPSA) is 85.7 Å². The Bertz CT molecular complexity index is 1200. The van der Waals surface area contributed by atoms with Crippen molar-refractivity contribution in [3.63, 3.8) is 0 Å². The van der Waals surface area contributed by atoms with Gasteiger partial charge in [-0.2, -0.15) is 4.31 Å². The first kappa shape index (κ1) is 26.7. The summed E-state index contributed by atoms with van der Waals surface area (Å²) in [6, 6.07) is 3.95. The quantitative estimate of drug-likeness (QED) is 0.337. The molecule has 0 saturated heterocycles. The lowest BCUT2D eigenvalue weighted by molar-refractivity contribution is 0.0587. The van der Waals surface area contributed by atoms with Crippen LogP contribution in [0.5, 0.6) is 0 Å². The van der Waals surface area contributed by atoms with Crippen molar-refractivity contribution in [2.75, 3.05) is 13.7 Å². The Morgan fingerprint density at radius 3 is 2.38 bits per heavy atom. The second-order valence-electron chi connectivity index (χ2n) is 8.51. The molecule has 34 heavy (non-hydrogen) atoms. The highest BCUT2D eigenvalue weighted by atomic mass is 35.5. The Labute approximate surface area is 211 Å². The molecule has 1 fully saturated rings. The smallest absolute Gasteiger partial charge is 0.354 e. The summed E-state index contributed by atoms with van der Waals surface area (Å²) in [7, 11) is -2.83. The first-order chi connectivity index (χ1) is 16.0. The maximum Gasteiger partial charge on any atom is 0.354 e. The average molecular weight is 529 g/mol. The molecule has 1 aliphatic carbocycles. The van der Waals surface area contributed by atoms with Crippen LogP contribution in [0.1, 0.15) is 71.1 Å². The van der Waals surface area contributed by atoms with Crippen molar-refractivity contribution in [2.45, 2.75) is 70.4 Å². The molecule has 1 aromatic carbocycles. The Balaban J connectivity index is 2.08. The number of carbonyl (C=O) groups excluding carboxylic acids is 2. The van der Waals surface area contributed by atoms with Gasteiger partial charge in [-0.05, 0) is 57.4 Å². The van der Waals surface area contributed by atoms with E-state index < -0.39 is 16.0 Å². The first-order valence-electron chi connectivity index (χ1n) is 11.3. The number of esters is 1. The van der Waals surface area contributed by atoms with Gasteiger partial charge in [-0.1, -0.05) is 42.5 Å². The van der Waals surface area contributed by atoms with Crippen molar-refractivity contribution < 1.29 is 22.7 Å². The van der Waals surface area contributed by atoms with Gasteiger partial charge in [0.05, 0.1) is 18.7 Å². The predicted octanol–water partition coefficient (Wildman–Crippen LogP) is 5.42. The van der Waals surface area contributed by atoms with Crippen LogP contribution < -0.4 is 0 Å². The van der Waals surface area contributed by atoms with E-state index in [0.29, 0.717) is 41.9 Å². The summed E-state index contributed by atoms with van der Waals surface area (Å²) in [5.74, 6) is -0.913. The van der Waals surface area contributed by atoms with E-state index in [4.69, 9.17) is 27.9 Å². The molecule has 2 aromatic rings. The summed E-state index contributed by atoms with van der Waals surface area (Å²) in [5.41, 5.74) is 1.73. The number of methoxy groups -OCH3 is 1. The van der Waals surface area contributed by atoms with Crippen LogP contribution in [0.2, 0.25) is 10.0 Å². The predicted molar refractivity (Wildman–Crippen MR) is 132 cm³/mol. The van der Waals surface area contributed by atoms with Gasteiger partial charge in [0, 0.05) is 28.9 Å². The van der Waals surface area contributed by atoms with Crippen molar-refractivity contribution in [3.05, 3.63) is 50.8 Å². The molecule has 0 N–H and O–H groups in total. The van der Waals surface area contributed by atoms with Crippen LogP contribution in [0.15, 0.2) is 23.1 Å². The van der Waals surface area contributed by atoms with Gasteiger partial charge < -0.3 is 9.30 Å². The molecule has 0 aliphatic heterocycles. The molecule has 0 spiro atoms. The summed E-state index contributed by atoms with van der Waals surface area (Å²) < 4.78 is 35.5. The minimum absolute atomic E-state index is 0.0510. The van der Waals surface area contributed by atoms with E-state index in [1.54, 1.807) is 18.4 Å². The number of hydrogen-bond acceptors (Lipinski definition) is 5. The van der Waals surface area contributed by atoms with E-state index in [9.17, 15) is 18.0 Å². The zero-order valence-electron chi connectivity index (χ0n) is 19.9. The largest absolute Gasteiger partial charge is 0.464 e. The fourth-order valence-corrected chi connectivity index (χ4v) is 7.24. The summed E-state index contributed by atoms with van der Waals surface area (Å²) in [5, 5.41) is 0.294. The molecule has 1 heterocycles. The van der Waals surface area contributed by atoms with Crippen LogP contribution in [0.4, 0.5) is 0 Å². The minimum atomic E-state index is -4.11. The highest BCUT2D eigenvalue weighted by Gasteiger charge is 2.37. The fourth-order valence-electron chi connectivity index (χ4n) is 4.86. The minimum Gasteiger partial charge on any atom is -0.464 e. The van der Waals surface area contributed by atoms with Crippen LogP contribution in [-0.4, -0.2) is 48.7 Å². The normalized spacial score (nSPS) is 15.0. The molecular weight excluding hydrogens is 499 g/mol. The van der Waals surface area contributed by atoms with E-state index in [-0.39, 0.29) is 33.3 Å². The molecule has 0 atom stereocenters. The van der Waals surface area contributed by atoms with Gasteiger partial charge in [0.15, 0.2) is 5.78 Å². The molecule has 3 rings (SSSR count). The number of benzene rings is 1. The maximum atomic E-state index is 13.8. The summed E-state index contributed by atoms with van der Waals surface area (Å²) >= 11 is 12.3. The van der Waals surface area contributed by atoms with Crippen LogP contribution in [0, 0.1) is 13.8 Å². The van der Waals surface area contributed by atoms with Gasteiger partial charge in [-0.3, -0.25) is 4.79 Å². The average Bonchev–Trinajstić information content (AvgIpc) is 3.07. The molecule has 0 radical (unpaired) electrons. The molecule has 0 bridgehead atoms. The lowest BCUT2D eigenvalue weighted by atomic mass is 9.95. The SMILES string of the molecule is CCn1c(C)c(C(=O)CN(C2CCCCC2)S(=O)(=O)c2cc(Cl)ccc2Cl)c(C)c1C(=O)OC. The molecule has 1 aliphatic rings. The van der Waals surface area contributed by atoms with E-state index in [2.05, 4.69) is 0 Å². The Morgan fingerprint density at radius 2 is 1.79 bits per heavy atom. The standard InChI is InChI=1S/C24H30Cl2N2O5S/c1-5-27-16(3)22(15(2)23(27)24(30)33-4)20(29)14-28(18-9-7-6-8-10-18)34(31,32)21-13-17(25)11-12-19(21)26/h11-13,18H,5-10,14H2,1-4H3. The number of ketones is 1. The summed E-state index contributed by atoms with van der Waals surface area (Å²) in [6.07, 6.45) is 4.10. The number of aromatic nitrogens is 1. The van der Waals surface area contributed by atoms with E-state index in [0.717, 1.165) is 19.3 Å². The Morgan fingerprint density at radius 1 is 1.15 bits per heavy atom. The number of halogens is 2. The zero-order valence-corrected chi connectivity index (χ0v) is 22.2. The molecule has 186 valence electrons. The number of nitrogens with zero attached hydrogens (tertiary/aromatic N) is 2. The van der Waals surface area contributed by atoms with Gasteiger partial charge >= 0.3 is 5.97 Å². The molecule has 0 amide bonds. The van der Waals surface area contributed by atoms with Gasteiger partial charge in [0.2, 0.25) is 10.0 Å². The molecule has 1 aromatic heterocycles. The van der Waals surface area contributed by atoms with Crippen molar-refractivity contribution in [1.29, 1.82) is 0 Å². The summed E-state index contributed by atoms with van der Waals surface area (Å²) in [4.78, 5) is 25.9. The van der Waals surface area contributed by atoms with Gasteiger partial charge in [-0.15, -0.1) is 0 Å². The van der Waals surface area contributed by atoms with Gasteiger partial charge in [0.1, 0.15) is 10.6 Å². The van der Waals surface area contributed by atoms with Crippen LogP contribution >= 0.6 is 23.2 Å². The number of rotatable bonds is 8. The van der Waals surface area contributed by atoms with Gasteiger partial charge in [0.25, 0.3) is 0 Å². The van der Waals surface area contributed by atoms with E-state index in [1.807, 2.05) is 6.92 Å². The van der Waals surface area contributed by atoms with Crippen LogP contribution in [-0.2, 0) is 21.3 Å². The van der Waals surface area contributed by atoms with Crippen molar-refractivity contribution >= 4 is 45.0 Å². The molecular formula is C24H30Cl2N2O5S. The highest BCUT2D eigenvalue weighted by molar-refractivity contribution is 7.89. The van der Waals surface area contributed by atoms with Crippen molar-refractivity contribution in [2.24, 2.45) is 0 Å². The second-order valence-corrected chi connectivity index (χ2v) is 11.2. The third-order valence-corrected chi connectivity index (χ3v) is 9.12. The Kier molecular flexibility index (Phi) is 8.50. The number of Topliss-reactive ketones (excluding diaryl/α,β-unsaturated/α-hetero) is 1. The van der Waals surface area contributed by atoms with Crippen LogP contribution in [0.3, 0.4) is 0 Å². The van der Waals surface area contributed by atoms with E-state index >= 15 is 0 Å². The van der Waals surface area contributed by atoms with Gasteiger partial charge in [-0.25, -0.2) is 13.2 Å². The van der Waals surface area contributed by atoms with Crippen molar-refractivity contribution in [1.82, 2.24) is 8.87 Å². The third-order valence-electron chi connectivity index (χ3n) is 6.50. The maximum absolute atomic E-state index is 13.8.